The first-order chi connectivity index (χ1) is 6.76. The van der Waals surface area contributed by atoms with E-state index in [-0.39, 0.29) is 32.7 Å². The fourth-order valence-corrected chi connectivity index (χ4v) is 1.20. The molecular weight excluding hydrogens is 260 g/mol. The van der Waals surface area contributed by atoms with Gasteiger partial charge in [-0.25, -0.2) is 0 Å². The molecule has 0 bridgehead atoms. The fraction of sp³-hybridized carbons (Fsp3) is 0.364. The van der Waals surface area contributed by atoms with Crippen LogP contribution in [0.25, 0.3) is 0 Å². The summed E-state index contributed by atoms with van der Waals surface area (Å²) >= 11 is 0. The van der Waals surface area contributed by atoms with E-state index in [1.54, 1.807) is 4.92 Å². The Morgan fingerprint density at radius 3 is 2.67 bits per heavy atom. The van der Waals surface area contributed by atoms with E-state index in [1.165, 1.54) is 11.1 Å². The normalized spacial score (nSPS) is 10.1. The predicted molar refractivity (Wildman–Crippen MR) is 60.5 cm³/mol. The van der Waals surface area contributed by atoms with Gasteiger partial charge in [0.1, 0.15) is 0 Å². The van der Waals surface area contributed by atoms with E-state index < -0.39 is 0 Å². The van der Waals surface area contributed by atoms with E-state index in [4.69, 9.17) is 7.98 Å². The largest absolute Gasteiger partial charge is 0.339 e. The zero-order chi connectivity index (χ0) is 10.4. The summed E-state index contributed by atoms with van der Waals surface area (Å²) in [5, 5.41) is 0. The van der Waals surface area contributed by atoms with Gasteiger partial charge < -0.3 is 6.92 Å². The standard InChI is InChI=1S/C11H16BN2.Y/c1-3-10-6-5-7-11(8-10)9-13-14(12)4-2;/h5-8,13H,1,3-4,9H2,2H3;/q-1;. The smallest absolute Gasteiger partial charge is 0.206 e. The molecule has 0 saturated heterocycles. The second-order valence-corrected chi connectivity index (χ2v) is 3.19. The average Bonchev–Trinajstić information content (AvgIpc) is 2.26. The number of nitrogens with one attached hydrogen (secondary N) is 1. The fourth-order valence-electron chi connectivity index (χ4n) is 1.20. The maximum Gasteiger partial charge on any atom is 0.206 e. The Labute approximate surface area is 119 Å². The topological polar surface area (TPSA) is 15.3 Å². The molecule has 0 fully saturated rings. The van der Waals surface area contributed by atoms with E-state index in [9.17, 15) is 0 Å². The number of benzene rings is 1. The Kier molecular flexibility index (Phi) is 8.63. The van der Waals surface area contributed by atoms with Crippen LogP contribution >= 0.6 is 0 Å². The summed E-state index contributed by atoms with van der Waals surface area (Å²) in [4.78, 5) is 1.58. The molecule has 0 aliphatic rings. The maximum atomic E-state index is 5.60. The van der Waals surface area contributed by atoms with Gasteiger partial charge in [0, 0.05) is 39.3 Å². The number of hydrogen-bond donors (Lipinski definition) is 1. The number of nitrogens with zero attached hydrogens (tertiary/aromatic N) is 1. The minimum atomic E-state index is 0. The second-order valence-electron chi connectivity index (χ2n) is 3.19. The molecule has 0 unspecified atom stereocenters. The number of hydrazine groups is 1. The minimum Gasteiger partial charge on any atom is -0.339 e. The van der Waals surface area contributed by atoms with Crippen molar-refractivity contribution in [3.05, 3.63) is 42.3 Å². The number of hydrogen-bond acceptors (Lipinski definition) is 2. The third kappa shape index (κ3) is 5.81. The third-order valence-corrected chi connectivity index (χ3v) is 2.11. The first kappa shape index (κ1) is 15.3. The summed E-state index contributed by atoms with van der Waals surface area (Å²) in [5.74, 6) is 0. The van der Waals surface area contributed by atoms with Crippen molar-refractivity contribution in [2.24, 2.45) is 0 Å². The van der Waals surface area contributed by atoms with Crippen molar-refractivity contribution in [2.75, 3.05) is 6.54 Å². The van der Waals surface area contributed by atoms with E-state index in [0.717, 1.165) is 19.5 Å². The van der Waals surface area contributed by atoms with Crippen LogP contribution in [0.1, 0.15) is 18.1 Å². The SMILES string of the molecule is [B]N(CC)NCc1cccc(C[CH2-])c1.[Y]. The van der Waals surface area contributed by atoms with Crippen molar-refractivity contribution in [2.45, 2.75) is 19.9 Å². The summed E-state index contributed by atoms with van der Waals surface area (Å²) in [5.41, 5.74) is 5.58. The molecule has 0 saturated carbocycles. The molecule has 1 N–H and O–H groups in total. The molecule has 0 amide bonds. The van der Waals surface area contributed by atoms with Crippen LogP contribution in [0.5, 0.6) is 0 Å². The molecule has 77 valence electrons. The third-order valence-electron chi connectivity index (χ3n) is 2.11. The van der Waals surface area contributed by atoms with Gasteiger partial charge in [0.05, 0.1) is 0 Å². The van der Waals surface area contributed by atoms with E-state index in [2.05, 4.69) is 30.5 Å². The summed E-state index contributed by atoms with van der Waals surface area (Å²) in [7, 11) is 5.60. The molecular formula is C11H16BN2Y-. The predicted octanol–water partition coefficient (Wildman–Crippen LogP) is 1.47. The summed E-state index contributed by atoms with van der Waals surface area (Å²) < 4.78 is 0. The Bertz CT molecular complexity index is 281. The first-order valence-electron chi connectivity index (χ1n) is 4.89. The van der Waals surface area contributed by atoms with Gasteiger partial charge in [0.15, 0.2) is 0 Å². The number of rotatable bonds is 5. The monoisotopic (exact) mass is 276 g/mol. The quantitative estimate of drug-likeness (QED) is 0.497. The molecule has 0 aliphatic carbocycles. The Balaban J connectivity index is 0.00000196. The Morgan fingerprint density at radius 2 is 2.07 bits per heavy atom. The van der Waals surface area contributed by atoms with Crippen LogP contribution in [0.15, 0.2) is 24.3 Å². The van der Waals surface area contributed by atoms with Gasteiger partial charge in [0.25, 0.3) is 0 Å². The minimum absolute atomic E-state index is 0. The summed E-state index contributed by atoms with van der Waals surface area (Å²) in [6, 6.07) is 8.35. The molecule has 1 aromatic rings. The zero-order valence-corrected chi connectivity index (χ0v) is 12.1. The van der Waals surface area contributed by atoms with Gasteiger partial charge in [-0.05, 0) is 12.1 Å². The van der Waals surface area contributed by atoms with Gasteiger partial charge >= 0.3 is 0 Å². The van der Waals surface area contributed by atoms with Crippen molar-refractivity contribution in [1.82, 2.24) is 10.3 Å². The molecule has 0 spiro atoms. The average molecular weight is 276 g/mol. The molecule has 0 heterocycles. The van der Waals surface area contributed by atoms with Crippen LogP contribution in [0.4, 0.5) is 0 Å². The molecule has 1 aromatic carbocycles. The molecule has 0 aliphatic heterocycles. The molecule has 4 heteroatoms. The van der Waals surface area contributed by atoms with Crippen molar-refractivity contribution in [3.63, 3.8) is 0 Å². The zero-order valence-electron chi connectivity index (χ0n) is 9.24. The van der Waals surface area contributed by atoms with Gasteiger partial charge in [0.2, 0.25) is 7.98 Å². The van der Waals surface area contributed by atoms with E-state index >= 15 is 0 Å². The van der Waals surface area contributed by atoms with Gasteiger partial charge in [-0.1, -0.05) is 36.8 Å². The first-order valence-corrected chi connectivity index (χ1v) is 4.89. The Hall–Kier alpha value is 0.309. The molecule has 15 heavy (non-hydrogen) atoms. The van der Waals surface area contributed by atoms with Crippen LogP contribution in [0, 0.1) is 6.92 Å². The van der Waals surface area contributed by atoms with E-state index in [0.29, 0.717) is 0 Å². The molecule has 2 nitrogen and oxygen atoms in total. The van der Waals surface area contributed by atoms with Crippen LogP contribution in [0.2, 0.25) is 0 Å². The van der Waals surface area contributed by atoms with Crippen LogP contribution in [-0.2, 0) is 45.7 Å². The maximum absolute atomic E-state index is 5.60. The van der Waals surface area contributed by atoms with E-state index in [1.807, 2.05) is 13.0 Å². The molecule has 0 atom stereocenters. The molecule has 0 aromatic heterocycles. The molecule has 3 radical (unpaired) electrons. The van der Waals surface area contributed by atoms with Crippen LogP contribution < -0.4 is 5.43 Å². The van der Waals surface area contributed by atoms with Crippen molar-refractivity contribution in [3.8, 4) is 0 Å². The summed E-state index contributed by atoms with van der Waals surface area (Å²) in [6.07, 6.45) is 0.827. The van der Waals surface area contributed by atoms with Gasteiger partial charge in [-0.2, -0.15) is 6.42 Å². The van der Waals surface area contributed by atoms with Crippen LogP contribution in [-0.4, -0.2) is 19.4 Å². The van der Waals surface area contributed by atoms with Gasteiger partial charge in [-0.3, -0.25) is 10.3 Å². The Morgan fingerprint density at radius 1 is 1.40 bits per heavy atom. The molecule has 1 rings (SSSR count). The van der Waals surface area contributed by atoms with Crippen molar-refractivity contribution >= 4 is 7.98 Å². The van der Waals surface area contributed by atoms with Crippen molar-refractivity contribution in [1.29, 1.82) is 0 Å². The van der Waals surface area contributed by atoms with Gasteiger partial charge in [-0.15, -0.1) is 0 Å². The summed E-state index contributed by atoms with van der Waals surface area (Å²) in [6.45, 7) is 7.40. The van der Waals surface area contributed by atoms with Crippen molar-refractivity contribution < 1.29 is 32.7 Å². The van der Waals surface area contributed by atoms with Crippen LogP contribution in [0.3, 0.4) is 0 Å². The second kappa shape index (κ2) is 8.46.